The molecule has 0 radical (unpaired) electrons. The Hall–Kier alpha value is -8.26. The number of hydrogen-bond donors (Lipinski definition) is 0. The molecule has 14 rings (SSSR count). The van der Waals surface area contributed by atoms with Crippen molar-refractivity contribution in [3.8, 4) is 44.5 Å². The summed E-state index contributed by atoms with van der Waals surface area (Å²) in [6, 6.07) is 84.4. The van der Waals surface area contributed by atoms with Crippen LogP contribution in [-0.4, -0.2) is 0 Å². The molecule has 0 fully saturated rings. The summed E-state index contributed by atoms with van der Waals surface area (Å²) in [5.74, 6) is 0. The van der Waals surface area contributed by atoms with Gasteiger partial charge < -0.3 is 4.90 Å². The second-order valence-electron chi connectivity index (χ2n) is 20.4. The van der Waals surface area contributed by atoms with E-state index >= 15 is 0 Å². The van der Waals surface area contributed by atoms with Crippen molar-refractivity contribution >= 4 is 70.9 Å². The molecule has 1 nitrogen and oxygen atoms in total. The van der Waals surface area contributed by atoms with Crippen LogP contribution in [0.2, 0.25) is 0 Å². The number of anilines is 3. The Morgan fingerprint density at radius 1 is 0.261 bits per heavy atom. The fraction of sp³-hybridized carbons (Fsp3) is 0.0882. The molecule has 0 heterocycles. The summed E-state index contributed by atoms with van der Waals surface area (Å²) in [5.41, 5.74) is 19.1. The summed E-state index contributed by atoms with van der Waals surface area (Å²) in [6.07, 6.45) is 0. The summed E-state index contributed by atoms with van der Waals surface area (Å²) in [6.45, 7) is 9.58. The van der Waals surface area contributed by atoms with Crippen molar-refractivity contribution in [2.45, 2.75) is 38.5 Å². The first-order valence-electron chi connectivity index (χ1n) is 24.4. The molecule has 0 amide bonds. The van der Waals surface area contributed by atoms with Gasteiger partial charge in [0.1, 0.15) is 0 Å². The molecule has 0 aromatic heterocycles. The van der Waals surface area contributed by atoms with Gasteiger partial charge >= 0.3 is 0 Å². The molecule has 0 spiro atoms. The normalized spacial score (nSPS) is 14.0. The van der Waals surface area contributed by atoms with Gasteiger partial charge in [0.25, 0.3) is 0 Å². The highest BCUT2D eigenvalue weighted by molar-refractivity contribution is 6.24. The molecule has 12 aromatic carbocycles. The Balaban J connectivity index is 0.911. The highest BCUT2D eigenvalue weighted by Gasteiger charge is 2.38. The third-order valence-electron chi connectivity index (χ3n) is 16.0. The first kappa shape index (κ1) is 39.9. The van der Waals surface area contributed by atoms with Gasteiger partial charge in [0.2, 0.25) is 0 Å². The van der Waals surface area contributed by atoms with Crippen LogP contribution in [0, 0.1) is 0 Å². The maximum Gasteiger partial charge on any atom is 0.0540 e. The van der Waals surface area contributed by atoms with Crippen LogP contribution in [0.4, 0.5) is 17.1 Å². The molecule has 0 bridgehead atoms. The van der Waals surface area contributed by atoms with Crippen molar-refractivity contribution < 1.29 is 0 Å². The maximum atomic E-state index is 2.50. The van der Waals surface area contributed by atoms with Crippen LogP contribution in [-0.2, 0) is 10.8 Å². The van der Waals surface area contributed by atoms with E-state index in [0.29, 0.717) is 0 Å². The standard InChI is InChI=1S/C68H49N/c1-67(2)61-28-14-13-27-53(61)54-34-31-44(37-62(54)67)57-40-59-52-26-12-10-24-50(52)58(41-60(59)51-25-11-9-23-49(51)57)45-32-35-55-56-36-33-46(39-64(56)68(3,4)63(55)38-45)69(65-29-15-19-42-17-5-7-21-47(42)65)66-30-16-20-43-18-6-8-22-48(43)66/h5-41H,1-4H3. The summed E-state index contributed by atoms with van der Waals surface area (Å²) in [7, 11) is 0. The van der Waals surface area contributed by atoms with Gasteiger partial charge in [-0.1, -0.05) is 204 Å². The lowest BCUT2D eigenvalue weighted by Crippen LogP contribution is -2.17. The minimum atomic E-state index is -0.250. The van der Waals surface area contributed by atoms with Crippen molar-refractivity contribution in [3.05, 3.63) is 247 Å². The van der Waals surface area contributed by atoms with Crippen LogP contribution in [0.5, 0.6) is 0 Å². The second-order valence-corrected chi connectivity index (χ2v) is 20.4. The first-order valence-corrected chi connectivity index (χ1v) is 24.4. The average Bonchev–Trinajstić information content (AvgIpc) is 3.76. The van der Waals surface area contributed by atoms with Crippen molar-refractivity contribution in [2.24, 2.45) is 0 Å². The molecular formula is C68H49N. The molecular weight excluding hydrogens is 831 g/mol. The largest absolute Gasteiger partial charge is 0.309 e. The lowest BCUT2D eigenvalue weighted by atomic mass is 9.80. The number of rotatable bonds is 5. The Morgan fingerprint density at radius 2 is 0.652 bits per heavy atom. The van der Waals surface area contributed by atoms with Gasteiger partial charge in [0.05, 0.1) is 11.4 Å². The quantitative estimate of drug-likeness (QED) is 0.156. The van der Waals surface area contributed by atoms with Crippen molar-refractivity contribution in [2.75, 3.05) is 4.90 Å². The van der Waals surface area contributed by atoms with Gasteiger partial charge in [-0.15, -0.1) is 0 Å². The summed E-state index contributed by atoms with van der Waals surface area (Å²) in [4.78, 5) is 2.48. The zero-order valence-corrected chi connectivity index (χ0v) is 39.3. The number of hydrogen-bond acceptors (Lipinski definition) is 1. The molecule has 0 aliphatic heterocycles. The Morgan fingerprint density at radius 3 is 1.19 bits per heavy atom. The van der Waals surface area contributed by atoms with E-state index in [2.05, 4.69) is 257 Å². The third kappa shape index (κ3) is 5.77. The van der Waals surface area contributed by atoms with E-state index in [9.17, 15) is 0 Å². The minimum absolute atomic E-state index is 0.0698. The molecule has 69 heavy (non-hydrogen) atoms. The van der Waals surface area contributed by atoms with E-state index in [1.807, 2.05) is 0 Å². The molecule has 2 aliphatic rings. The average molecular weight is 880 g/mol. The lowest BCUT2D eigenvalue weighted by molar-refractivity contribution is 0.660. The molecule has 0 atom stereocenters. The Kier molecular flexibility index (Phi) is 8.45. The van der Waals surface area contributed by atoms with Gasteiger partial charge in [-0.2, -0.15) is 0 Å². The van der Waals surface area contributed by atoms with Gasteiger partial charge in [0.15, 0.2) is 0 Å². The van der Waals surface area contributed by atoms with E-state index in [-0.39, 0.29) is 10.8 Å². The SMILES string of the molecule is CC1(C)c2ccccc2-c2ccc(-c3cc4c5ccccc5c(-c5ccc6c(c5)C(C)(C)c5cc(N(c7cccc8ccccc78)c7cccc8ccccc78)ccc5-6)cc4c4ccccc34)cc21. The molecule has 2 aliphatic carbocycles. The smallest absolute Gasteiger partial charge is 0.0540 e. The van der Waals surface area contributed by atoms with Crippen molar-refractivity contribution in [3.63, 3.8) is 0 Å². The summed E-state index contributed by atoms with van der Waals surface area (Å²) >= 11 is 0. The van der Waals surface area contributed by atoms with E-state index < -0.39 is 0 Å². The van der Waals surface area contributed by atoms with Gasteiger partial charge in [-0.3, -0.25) is 0 Å². The van der Waals surface area contributed by atoms with Crippen LogP contribution >= 0.6 is 0 Å². The molecule has 0 N–H and O–H groups in total. The Bertz CT molecular complexity index is 4060. The van der Waals surface area contributed by atoms with Crippen LogP contribution in [0.15, 0.2) is 224 Å². The summed E-state index contributed by atoms with van der Waals surface area (Å²) < 4.78 is 0. The predicted molar refractivity (Wildman–Crippen MR) is 295 cm³/mol. The van der Waals surface area contributed by atoms with Crippen molar-refractivity contribution in [1.29, 1.82) is 0 Å². The van der Waals surface area contributed by atoms with Gasteiger partial charge in [-0.05, 0) is 158 Å². The summed E-state index contributed by atoms with van der Waals surface area (Å²) in [5, 5.41) is 12.6. The monoisotopic (exact) mass is 879 g/mol. The maximum absolute atomic E-state index is 2.50. The van der Waals surface area contributed by atoms with Crippen LogP contribution in [0.1, 0.15) is 49.9 Å². The van der Waals surface area contributed by atoms with Crippen LogP contribution in [0.25, 0.3) is 98.4 Å². The third-order valence-corrected chi connectivity index (χ3v) is 16.0. The zero-order valence-electron chi connectivity index (χ0n) is 39.3. The van der Waals surface area contributed by atoms with Crippen LogP contribution < -0.4 is 4.90 Å². The second kappa shape index (κ2) is 14.6. The lowest BCUT2D eigenvalue weighted by Gasteiger charge is -2.30. The highest BCUT2D eigenvalue weighted by Crippen LogP contribution is 2.54. The van der Waals surface area contributed by atoms with Crippen LogP contribution in [0.3, 0.4) is 0 Å². The topological polar surface area (TPSA) is 3.24 Å². The molecule has 0 saturated heterocycles. The first-order chi connectivity index (χ1) is 33.7. The zero-order chi connectivity index (χ0) is 46.2. The molecule has 326 valence electrons. The van der Waals surface area contributed by atoms with E-state index in [1.54, 1.807) is 0 Å². The minimum Gasteiger partial charge on any atom is -0.309 e. The van der Waals surface area contributed by atoms with Gasteiger partial charge in [0, 0.05) is 27.3 Å². The predicted octanol–water partition coefficient (Wildman–Crippen LogP) is 18.9. The Labute approximate surface area is 403 Å². The van der Waals surface area contributed by atoms with Gasteiger partial charge in [-0.25, -0.2) is 0 Å². The highest BCUT2D eigenvalue weighted by atomic mass is 15.1. The fourth-order valence-corrected chi connectivity index (χ4v) is 12.5. The van der Waals surface area contributed by atoms with Crippen molar-refractivity contribution in [1.82, 2.24) is 0 Å². The number of nitrogens with zero attached hydrogens (tertiary/aromatic N) is 1. The van der Waals surface area contributed by atoms with E-state index in [1.165, 1.54) is 132 Å². The number of benzene rings is 12. The number of fused-ring (bicyclic) bond motifs is 13. The molecule has 1 heteroatoms. The van der Waals surface area contributed by atoms with E-state index in [0.717, 1.165) is 5.69 Å². The van der Waals surface area contributed by atoms with E-state index in [4.69, 9.17) is 0 Å². The molecule has 12 aromatic rings. The molecule has 0 unspecified atom stereocenters. The fourth-order valence-electron chi connectivity index (χ4n) is 12.5. The molecule has 0 saturated carbocycles.